The van der Waals surface area contributed by atoms with Crippen LogP contribution < -0.4 is 14.2 Å². The smallest absolute Gasteiger partial charge is 0.335 e. The van der Waals surface area contributed by atoms with E-state index in [-0.39, 0.29) is 33.4 Å². The lowest BCUT2D eigenvalue weighted by Gasteiger charge is -2.37. The molecule has 0 aliphatic carbocycles. The molecule has 26 heteroatoms. The van der Waals surface area contributed by atoms with E-state index in [1.54, 1.807) is 103 Å². The molecule has 3 spiro atoms. The largest absolute Gasteiger partial charge is 0.494 e. The van der Waals surface area contributed by atoms with Gasteiger partial charge in [0.2, 0.25) is 0 Å². The predicted octanol–water partition coefficient (Wildman–Crippen LogP) is 17.9. The summed E-state index contributed by atoms with van der Waals surface area (Å²) in [6, 6.07) is 43.6. The summed E-state index contributed by atoms with van der Waals surface area (Å²) >= 11 is 0. The topological polar surface area (TPSA) is 214 Å². The van der Waals surface area contributed by atoms with Crippen LogP contribution in [0.5, 0.6) is 17.2 Å². The third kappa shape index (κ3) is 18.5. The Morgan fingerprint density at radius 3 is 1.03 bits per heavy atom. The molecule has 0 unspecified atom stereocenters. The van der Waals surface area contributed by atoms with Gasteiger partial charge in [0.25, 0.3) is 0 Å². The summed E-state index contributed by atoms with van der Waals surface area (Å²) < 4.78 is 129. The molecular weight excluding hydrogens is 1470 g/mol. The summed E-state index contributed by atoms with van der Waals surface area (Å²) in [7, 11) is 0. The van der Waals surface area contributed by atoms with E-state index in [2.05, 4.69) is 30.2 Å². The molecule has 6 heterocycles. The highest BCUT2D eigenvalue weighted by molar-refractivity contribution is 6.04. The molecule has 588 valence electrons. The normalized spacial score (nSPS) is 16.8. The Hall–Kier alpha value is -11.5. The minimum absolute atomic E-state index is 0.00140. The van der Waals surface area contributed by atoms with E-state index in [1.165, 1.54) is 12.1 Å². The molecule has 18 nitrogen and oxygen atoms in total. The van der Waals surface area contributed by atoms with Gasteiger partial charge in [-0.3, -0.25) is 14.7 Å². The Kier molecular flexibility index (Phi) is 24.4. The molecular formula is C87H82F8N6O12. The number of carbonyl (C=O) groups is 3. The van der Waals surface area contributed by atoms with Crippen molar-refractivity contribution >= 4 is 35.0 Å². The molecule has 0 radical (unpaired) electrons. The van der Waals surface area contributed by atoms with Crippen molar-refractivity contribution in [3.05, 3.63) is 266 Å². The number of aromatic carboxylic acids is 3. The number of hydrogen-bond donors (Lipinski definition) is 3. The van der Waals surface area contributed by atoms with E-state index in [0.717, 1.165) is 106 Å². The standard InChI is InChI=1S/2C29H27F3N2O4.C29H28F2N2O4/c1-2-37-21-7-8-22(23-14-25(31)26(32)15-24(23)30)20(13-21)17-34-11-9-29(10-12-34)16-27(33-38-29)18-3-5-19(6-4-18)28(35)36;1-2-37-21-7-8-22(23-9-10-24(30)27(32)26(23)31)20(15-21)17-34-13-11-29(12-14-34)16-25(33-38-29)18-3-5-19(6-4-18)28(35)36;1-2-36-23-8-9-24(21-7-10-25(30)26(31)16-21)22(15-23)18-33-13-11-29(12-14-33)17-27(32-37-29)19-3-5-20(6-4-19)28(34)35/h3-8,13-15H,2,9-12,16-17H2,1H3,(H,35,36);3-10,15H,2,11-14,16-17H2,1H3,(H,35,36);3-10,15-16H,2,11-14,17-18H2,1H3,(H,34,35). The van der Waals surface area contributed by atoms with Gasteiger partial charge in [-0.2, -0.15) is 0 Å². The molecule has 0 bridgehead atoms. The second-order valence-electron chi connectivity index (χ2n) is 28.8. The summed E-state index contributed by atoms with van der Waals surface area (Å²) in [5.41, 5.74) is 9.30. The van der Waals surface area contributed by atoms with Crippen molar-refractivity contribution in [1.29, 1.82) is 0 Å². The number of likely N-dealkylation sites (tertiary alicyclic amines) is 3. The maximum absolute atomic E-state index is 14.7. The van der Waals surface area contributed by atoms with Crippen molar-refractivity contribution in [3.8, 4) is 50.6 Å². The highest BCUT2D eigenvalue weighted by Gasteiger charge is 2.45. The third-order valence-electron chi connectivity index (χ3n) is 21.4. The summed E-state index contributed by atoms with van der Waals surface area (Å²) in [6.45, 7) is 13.0. The highest BCUT2D eigenvalue weighted by atomic mass is 19.2. The number of hydrogen-bond acceptors (Lipinski definition) is 15. The molecule has 9 aromatic rings. The Labute approximate surface area is 647 Å². The first-order valence-corrected chi connectivity index (χ1v) is 37.4. The molecule has 0 aromatic heterocycles. The van der Waals surface area contributed by atoms with Gasteiger partial charge in [0.1, 0.15) is 39.9 Å². The van der Waals surface area contributed by atoms with Crippen LogP contribution in [0.1, 0.15) is 143 Å². The van der Waals surface area contributed by atoms with E-state index in [0.29, 0.717) is 145 Å². The molecule has 0 saturated carbocycles. The van der Waals surface area contributed by atoms with Crippen LogP contribution in [0.2, 0.25) is 0 Å². The number of rotatable bonds is 21. The van der Waals surface area contributed by atoms with Crippen molar-refractivity contribution in [2.24, 2.45) is 15.5 Å². The number of carboxylic acid groups (broad SMARTS) is 3. The second kappa shape index (κ2) is 34.6. The van der Waals surface area contributed by atoms with Crippen molar-refractivity contribution in [1.82, 2.24) is 14.7 Å². The van der Waals surface area contributed by atoms with Crippen LogP contribution >= 0.6 is 0 Å². The first-order chi connectivity index (χ1) is 54.4. The number of halogens is 8. The van der Waals surface area contributed by atoms with Gasteiger partial charge in [0, 0.05) is 134 Å². The van der Waals surface area contributed by atoms with Gasteiger partial charge in [-0.05, 0) is 180 Å². The summed E-state index contributed by atoms with van der Waals surface area (Å²) in [4.78, 5) is 57.9. The number of ether oxygens (including phenoxy) is 3. The highest BCUT2D eigenvalue weighted by Crippen LogP contribution is 2.43. The molecule has 6 aliphatic rings. The van der Waals surface area contributed by atoms with Crippen LogP contribution in [-0.2, 0) is 34.1 Å². The molecule has 0 amide bonds. The van der Waals surface area contributed by atoms with E-state index >= 15 is 0 Å². The summed E-state index contributed by atoms with van der Waals surface area (Å²) in [5, 5.41) is 40.3. The molecule has 9 aromatic carbocycles. The number of piperidine rings is 3. The Balaban J connectivity index is 0.000000148. The number of nitrogens with zero attached hydrogens (tertiary/aromatic N) is 6. The first-order valence-electron chi connectivity index (χ1n) is 37.4. The first kappa shape index (κ1) is 79.6. The molecule has 3 fully saturated rings. The Bertz CT molecular complexity index is 4940. The molecule has 0 atom stereocenters. The van der Waals surface area contributed by atoms with Crippen LogP contribution in [0.15, 0.2) is 185 Å². The minimum Gasteiger partial charge on any atom is -0.494 e. The van der Waals surface area contributed by atoms with Crippen molar-refractivity contribution in [3.63, 3.8) is 0 Å². The van der Waals surface area contributed by atoms with E-state index in [1.807, 2.05) is 51.1 Å². The number of carboxylic acids is 3. The lowest BCUT2D eigenvalue weighted by atomic mass is 9.85. The maximum atomic E-state index is 14.7. The zero-order valence-electron chi connectivity index (χ0n) is 62.2. The number of oxime groups is 3. The monoisotopic (exact) mass is 1550 g/mol. The molecule has 3 saturated heterocycles. The molecule has 113 heavy (non-hydrogen) atoms. The van der Waals surface area contributed by atoms with Gasteiger partial charge < -0.3 is 44.0 Å². The summed E-state index contributed by atoms with van der Waals surface area (Å²) in [5.74, 6) is -9.77. The molecule has 3 N–H and O–H groups in total. The third-order valence-corrected chi connectivity index (χ3v) is 21.4. The van der Waals surface area contributed by atoms with Crippen LogP contribution in [0.4, 0.5) is 35.1 Å². The minimum atomic E-state index is -1.49. The van der Waals surface area contributed by atoms with Crippen molar-refractivity contribution in [2.45, 2.75) is 115 Å². The van der Waals surface area contributed by atoms with Crippen LogP contribution in [-0.4, -0.2) is 141 Å². The van der Waals surface area contributed by atoms with Crippen molar-refractivity contribution < 1.29 is 93.5 Å². The zero-order chi connectivity index (χ0) is 79.7. The average molecular weight is 1560 g/mol. The van der Waals surface area contributed by atoms with Crippen LogP contribution in [0, 0.1) is 46.5 Å². The summed E-state index contributed by atoms with van der Waals surface area (Å²) in [6.07, 6.45) is 6.36. The predicted molar refractivity (Wildman–Crippen MR) is 407 cm³/mol. The van der Waals surface area contributed by atoms with Gasteiger partial charge in [-0.1, -0.05) is 76.1 Å². The van der Waals surface area contributed by atoms with E-state index in [9.17, 15) is 49.5 Å². The van der Waals surface area contributed by atoms with Crippen LogP contribution in [0.3, 0.4) is 0 Å². The van der Waals surface area contributed by atoms with Gasteiger partial charge in [-0.15, -0.1) is 0 Å². The van der Waals surface area contributed by atoms with Gasteiger partial charge in [-0.25, -0.2) is 49.5 Å². The second-order valence-corrected chi connectivity index (χ2v) is 28.8. The average Bonchev–Trinajstić information content (AvgIpc) is 1.77. The van der Waals surface area contributed by atoms with Crippen LogP contribution in [0.25, 0.3) is 33.4 Å². The quantitative estimate of drug-likeness (QED) is 0.0347. The van der Waals surface area contributed by atoms with E-state index in [4.69, 9.17) is 44.0 Å². The number of benzene rings is 9. The van der Waals surface area contributed by atoms with Gasteiger partial charge >= 0.3 is 17.9 Å². The lowest BCUT2D eigenvalue weighted by Crippen LogP contribution is -2.44. The maximum Gasteiger partial charge on any atom is 0.335 e. The van der Waals surface area contributed by atoms with Gasteiger partial charge in [0.05, 0.1) is 53.6 Å². The lowest BCUT2D eigenvalue weighted by molar-refractivity contribution is -0.0628. The fourth-order valence-corrected chi connectivity index (χ4v) is 15.1. The fourth-order valence-electron chi connectivity index (χ4n) is 15.1. The van der Waals surface area contributed by atoms with Gasteiger partial charge in [0.15, 0.2) is 40.7 Å². The van der Waals surface area contributed by atoms with Crippen molar-refractivity contribution in [2.75, 3.05) is 59.1 Å². The Morgan fingerprint density at radius 1 is 0.345 bits per heavy atom. The van der Waals surface area contributed by atoms with E-state index < -0.39 is 75.6 Å². The molecule has 15 rings (SSSR count). The SMILES string of the molecule is CCOc1ccc(-c2cc(F)c(F)cc2F)c(CN2CCC3(CC2)CC(c2ccc(C(=O)O)cc2)=NO3)c1.CCOc1ccc(-c2ccc(F)c(F)c2)c(CN2CCC3(CC2)CC(c2ccc(C(=O)O)cc2)=NO3)c1.CCOc1ccc(-c2ccc(F)c(F)c2F)c(CN2CCC3(CC2)CC(c2ccc(C(=O)O)cc2)=NO3)c1. The Morgan fingerprint density at radius 2 is 0.664 bits per heavy atom. The zero-order valence-corrected chi connectivity index (χ0v) is 62.2. The fraction of sp³-hybridized carbons (Fsp3) is 0.310. The molecule has 6 aliphatic heterocycles.